The minimum absolute atomic E-state index is 0.620. The number of nitrogens with zero attached hydrogens (tertiary/aromatic N) is 6. The molecule has 0 amide bonds. The van der Waals surface area contributed by atoms with E-state index >= 15 is 0 Å². The first kappa shape index (κ1) is 22.7. The normalized spacial score (nSPS) is 11.1. The molecule has 6 heteroatoms. The summed E-state index contributed by atoms with van der Waals surface area (Å²) in [5, 5.41) is 0. The number of pyridine rings is 1. The van der Waals surface area contributed by atoms with Crippen molar-refractivity contribution < 1.29 is 0 Å². The van der Waals surface area contributed by atoms with Gasteiger partial charge in [-0.2, -0.15) is 0 Å². The fraction of sp³-hybridized carbons (Fsp3) is 0. The quantitative estimate of drug-likeness (QED) is 0.247. The largest absolute Gasteiger partial charge is 0.291 e. The molecule has 0 bridgehead atoms. The van der Waals surface area contributed by atoms with E-state index in [9.17, 15) is 0 Å². The first-order valence-corrected chi connectivity index (χ1v) is 12.7. The van der Waals surface area contributed by atoms with Gasteiger partial charge in [-0.15, -0.1) is 0 Å². The molecule has 0 aliphatic carbocycles. The standard InChI is InChI=1S/C33H22N6/c1-3-10-23(11-4-1)30-36-31(24-12-5-2-6-13-24)38-32(37-30)25-17-19-26(20-18-25)33-35-28-15-7-8-16-29(28)39(33)27-14-9-21-34-22-27/h1-22H. The van der Waals surface area contributed by atoms with Crippen LogP contribution in [0.4, 0.5) is 0 Å². The maximum atomic E-state index is 4.96. The van der Waals surface area contributed by atoms with Crippen molar-refractivity contribution in [3.63, 3.8) is 0 Å². The molecule has 0 radical (unpaired) electrons. The number of rotatable bonds is 5. The SMILES string of the molecule is c1ccc(-c2nc(-c3ccccc3)nc(-c3ccc(-c4nc5ccccc5n4-c4cccnc4)cc3)n2)cc1. The van der Waals surface area contributed by atoms with Gasteiger partial charge in [0.25, 0.3) is 0 Å². The Kier molecular flexibility index (Phi) is 5.68. The molecule has 0 fully saturated rings. The van der Waals surface area contributed by atoms with Gasteiger partial charge in [-0.25, -0.2) is 19.9 Å². The van der Waals surface area contributed by atoms with Gasteiger partial charge in [-0.3, -0.25) is 9.55 Å². The lowest BCUT2D eigenvalue weighted by molar-refractivity contribution is 1.07. The number of hydrogen-bond donors (Lipinski definition) is 0. The lowest BCUT2D eigenvalue weighted by atomic mass is 10.1. The van der Waals surface area contributed by atoms with Crippen LogP contribution in [0.15, 0.2) is 134 Å². The second kappa shape index (κ2) is 9.76. The van der Waals surface area contributed by atoms with Crippen molar-refractivity contribution in [3.8, 4) is 51.2 Å². The Morgan fingerprint density at radius 3 is 1.56 bits per heavy atom. The van der Waals surface area contributed by atoms with Crippen LogP contribution in [0, 0.1) is 0 Å². The second-order valence-corrected chi connectivity index (χ2v) is 9.09. The van der Waals surface area contributed by atoms with Crippen LogP contribution in [0.3, 0.4) is 0 Å². The highest BCUT2D eigenvalue weighted by atomic mass is 15.1. The Hall–Kier alpha value is -5.49. The zero-order valence-electron chi connectivity index (χ0n) is 20.9. The molecule has 4 aromatic carbocycles. The molecule has 0 atom stereocenters. The maximum Gasteiger partial charge on any atom is 0.164 e. The molecule has 7 aromatic rings. The zero-order valence-corrected chi connectivity index (χ0v) is 20.9. The molecular formula is C33H22N6. The topological polar surface area (TPSA) is 69.4 Å². The minimum atomic E-state index is 0.620. The van der Waals surface area contributed by atoms with E-state index in [2.05, 4.69) is 27.8 Å². The van der Waals surface area contributed by atoms with Crippen LogP contribution in [-0.2, 0) is 0 Å². The summed E-state index contributed by atoms with van der Waals surface area (Å²) in [6.07, 6.45) is 3.63. The van der Waals surface area contributed by atoms with Crippen LogP contribution in [0.25, 0.3) is 62.3 Å². The summed E-state index contributed by atoms with van der Waals surface area (Å²) < 4.78 is 2.14. The third-order valence-electron chi connectivity index (χ3n) is 6.57. The van der Waals surface area contributed by atoms with Gasteiger partial charge < -0.3 is 0 Å². The average molecular weight is 503 g/mol. The van der Waals surface area contributed by atoms with E-state index in [1.807, 2.05) is 109 Å². The Morgan fingerprint density at radius 2 is 0.974 bits per heavy atom. The van der Waals surface area contributed by atoms with Crippen LogP contribution >= 0.6 is 0 Å². The van der Waals surface area contributed by atoms with Gasteiger partial charge in [0.1, 0.15) is 5.82 Å². The number of hydrogen-bond acceptors (Lipinski definition) is 5. The molecule has 0 spiro atoms. The zero-order chi connectivity index (χ0) is 26.0. The molecule has 0 N–H and O–H groups in total. The van der Waals surface area contributed by atoms with Gasteiger partial charge in [0.2, 0.25) is 0 Å². The van der Waals surface area contributed by atoms with Gasteiger partial charge in [-0.05, 0) is 24.3 Å². The number of fused-ring (bicyclic) bond motifs is 1. The van der Waals surface area contributed by atoms with Gasteiger partial charge in [0, 0.05) is 28.5 Å². The summed E-state index contributed by atoms with van der Waals surface area (Å²) in [6, 6.07) is 40.3. The Labute approximate surface area is 225 Å². The number of aromatic nitrogens is 6. The van der Waals surface area contributed by atoms with Crippen molar-refractivity contribution in [1.82, 2.24) is 29.5 Å². The predicted molar refractivity (Wildman–Crippen MR) is 154 cm³/mol. The Balaban J connectivity index is 1.34. The lowest BCUT2D eigenvalue weighted by Gasteiger charge is -2.10. The molecule has 0 unspecified atom stereocenters. The van der Waals surface area contributed by atoms with Crippen LogP contribution in [0.1, 0.15) is 0 Å². The third kappa shape index (κ3) is 4.34. The van der Waals surface area contributed by atoms with Gasteiger partial charge in [0.05, 0.1) is 22.9 Å². The summed E-state index contributed by atoms with van der Waals surface area (Å²) in [5.41, 5.74) is 6.70. The van der Waals surface area contributed by atoms with E-state index < -0.39 is 0 Å². The molecule has 3 heterocycles. The second-order valence-electron chi connectivity index (χ2n) is 9.09. The van der Waals surface area contributed by atoms with Gasteiger partial charge in [-0.1, -0.05) is 97.1 Å². The monoisotopic (exact) mass is 502 g/mol. The third-order valence-corrected chi connectivity index (χ3v) is 6.57. The van der Waals surface area contributed by atoms with Crippen molar-refractivity contribution >= 4 is 11.0 Å². The summed E-state index contributed by atoms with van der Waals surface area (Å²) in [6.45, 7) is 0. The summed E-state index contributed by atoms with van der Waals surface area (Å²) in [4.78, 5) is 23.8. The van der Waals surface area contributed by atoms with E-state index in [4.69, 9.17) is 19.9 Å². The molecule has 0 aliphatic heterocycles. The molecule has 7 rings (SSSR count). The molecular weight excluding hydrogens is 480 g/mol. The van der Waals surface area contributed by atoms with E-state index in [-0.39, 0.29) is 0 Å². The van der Waals surface area contributed by atoms with E-state index in [0.29, 0.717) is 17.5 Å². The van der Waals surface area contributed by atoms with E-state index in [0.717, 1.165) is 44.8 Å². The predicted octanol–water partition coefficient (Wildman–Crippen LogP) is 7.27. The molecule has 39 heavy (non-hydrogen) atoms. The summed E-state index contributed by atoms with van der Waals surface area (Å²) in [7, 11) is 0. The molecule has 0 saturated heterocycles. The Bertz CT molecular complexity index is 1820. The van der Waals surface area contributed by atoms with Gasteiger partial charge >= 0.3 is 0 Å². The first-order valence-electron chi connectivity index (χ1n) is 12.7. The van der Waals surface area contributed by atoms with Crippen molar-refractivity contribution in [2.75, 3.05) is 0 Å². The first-order chi connectivity index (χ1) is 19.3. The number of para-hydroxylation sites is 2. The van der Waals surface area contributed by atoms with Crippen LogP contribution in [0.2, 0.25) is 0 Å². The molecule has 6 nitrogen and oxygen atoms in total. The number of imidazole rings is 1. The fourth-order valence-corrected chi connectivity index (χ4v) is 4.67. The fourth-order valence-electron chi connectivity index (χ4n) is 4.67. The number of benzene rings is 4. The highest BCUT2D eigenvalue weighted by Gasteiger charge is 2.16. The highest BCUT2D eigenvalue weighted by molar-refractivity contribution is 5.83. The van der Waals surface area contributed by atoms with Crippen LogP contribution < -0.4 is 0 Å². The molecule has 0 aliphatic rings. The summed E-state index contributed by atoms with van der Waals surface area (Å²) in [5.74, 6) is 2.75. The lowest BCUT2D eigenvalue weighted by Crippen LogP contribution is -2.00. The van der Waals surface area contributed by atoms with Crippen LogP contribution in [0.5, 0.6) is 0 Å². The average Bonchev–Trinajstić information content (AvgIpc) is 3.42. The van der Waals surface area contributed by atoms with Crippen molar-refractivity contribution in [2.24, 2.45) is 0 Å². The summed E-state index contributed by atoms with van der Waals surface area (Å²) >= 11 is 0. The Morgan fingerprint density at radius 1 is 0.436 bits per heavy atom. The van der Waals surface area contributed by atoms with Crippen molar-refractivity contribution in [3.05, 3.63) is 134 Å². The van der Waals surface area contributed by atoms with Crippen molar-refractivity contribution in [1.29, 1.82) is 0 Å². The molecule has 184 valence electrons. The molecule has 0 saturated carbocycles. The van der Waals surface area contributed by atoms with Crippen molar-refractivity contribution in [2.45, 2.75) is 0 Å². The molecule has 3 aromatic heterocycles. The maximum absolute atomic E-state index is 4.96. The minimum Gasteiger partial charge on any atom is -0.291 e. The highest BCUT2D eigenvalue weighted by Crippen LogP contribution is 2.30. The van der Waals surface area contributed by atoms with Crippen LogP contribution in [-0.4, -0.2) is 29.5 Å². The van der Waals surface area contributed by atoms with E-state index in [1.165, 1.54) is 0 Å². The smallest absolute Gasteiger partial charge is 0.164 e. The van der Waals surface area contributed by atoms with E-state index in [1.54, 1.807) is 6.20 Å². The van der Waals surface area contributed by atoms with Gasteiger partial charge in [0.15, 0.2) is 17.5 Å².